The van der Waals surface area contributed by atoms with Crippen LogP contribution in [0.15, 0.2) is 66.8 Å². The monoisotopic (exact) mass is 559 g/mol. The third-order valence-electron chi connectivity index (χ3n) is 7.52. The van der Waals surface area contributed by atoms with Gasteiger partial charge in [-0.05, 0) is 76.5 Å². The molecule has 1 aromatic heterocycles. The fourth-order valence-corrected chi connectivity index (χ4v) is 5.33. The summed E-state index contributed by atoms with van der Waals surface area (Å²) in [6, 6.07) is 7.16. The standard InChI is InChI=1S/C35H49N3O3/c1-5-7-8-14-21-29(6-2)33-34(30-22-15-10-11-16-23-30)38(28(3)37-33)27-20-13-9-12-19-26-36-35(39)41-32-25-18-17-24-31(32)40-4/h6-8,10-11,15,17-18,22,24-25,30H,5,9,12-14,16,19-21,23,26-27H2,1-4H3,(H,36,39)/b8-7-,29-6+. The molecule has 41 heavy (non-hydrogen) atoms. The Hall–Kier alpha value is -3.54. The molecule has 222 valence electrons. The van der Waals surface area contributed by atoms with Crippen LogP contribution in [-0.4, -0.2) is 29.3 Å². The maximum atomic E-state index is 12.1. The van der Waals surface area contributed by atoms with Gasteiger partial charge in [0.15, 0.2) is 11.5 Å². The number of para-hydroxylation sites is 2. The summed E-state index contributed by atoms with van der Waals surface area (Å²) in [6.45, 7) is 8.08. The quantitative estimate of drug-likeness (QED) is 0.165. The van der Waals surface area contributed by atoms with Crippen LogP contribution in [0.1, 0.15) is 101 Å². The Morgan fingerprint density at radius 2 is 1.88 bits per heavy atom. The van der Waals surface area contributed by atoms with Crippen LogP contribution in [0.4, 0.5) is 4.79 Å². The molecule has 0 bridgehead atoms. The van der Waals surface area contributed by atoms with Gasteiger partial charge in [-0.15, -0.1) is 0 Å². The first-order valence-corrected chi connectivity index (χ1v) is 15.4. The Kier molecular flexibility index (Phi) is 14.0. The molecule has 1 heterocycles. The maximum absolute atomic E-state index is 12.1. The van der Waals surface area contributed by atoms with Crippen LogP contribution in [0.5, 0.6) is 11.5 Å². The lowest BCUT2D eigenvalue weighted by atomic mass is 9.93. The predicted molar refractivity (Wildman–Crippen MR) is 170 cm³/mol. The number of hydrogen-bond donors (Lipinski definition) is 1. The predicted octanol–water partition coefficient (Wildman–Crippen LogP) is 9.08. The summed E-state index contributed by atoms with van der Waals surface area (Å²) < 4.78 is 13.1. The fraction of sp³-hybridized carbons (Fsp3) is 0.486. The van der Waals surface area contributed by atoms with Gasteiger partial charge < -0.3 is 19.4 Å². The smallest absolute Gasteiger partial charge is 0.412 e. The number of ether oxygens (including phenoxy) is 2. The minimum Gasteiger partial charge on any atom is -0.493 e. The minimum absolute atomic E-state index is 0.379. The minimum atomic E-state index is -0.446. The van der Waals surface area contributed by atoms with E-state index >= 15 is 0 Å². The average Bonchev–Trinajstić information content (AvgIpc) is 3.13. The Bertz CT molecular complexity index is 1210. The van der Waals surface area contributed by atoms with Crippen molar-refractivity contribution < 1.29 is 14.3 Å². The van der Waals surface area contributed by atoms with E-state index in [1.165, 1.54) is 17.0 Å². The number of aryl methyl sites for hydroxylation is 1. The number of nitrogens with zero attached hydrogens (tertiary/aromatic N) is 2. The van der Waals surface area contributed by atoms with Crippen molar-refractivity contribution in [3.63, 3.8) is 0 Å². The van der Waals surface area contributed by atoms with Crippen LogP contribution < -0.4 is 14.8 Å². The number of rotatable bonds is 16. The number of carbonyl (C=O) groups is 1. The fourth-order valence-electron chi connectivity index (χ4n) is 5.33. The van der Waals surface area contributed by atoms with Crippen LogP contribution in [-0.2, 0) is 6.54 Å². The van der Waals surface area contributed by atoms with Crippen LogP contribution in [0.25, 0.3) is 5.57 Å². The molecule has 0 saturated carbocycles. The SMILES string of the molecule is C/C=C(\CC/C=C\CC)c1nc(C)n(CCCCCCCNC(=O)Oc2ccccc2OC)c1C1C=CC=CCC1. The number of allylic oxidation sites excluding steroid dienone is 8. The van der Waals surface area contributed by atoms with Crippen molar-refractivity contribution in [2.75, 3.05) is 13.7 Å². The molecule has 6 nitrogen and oxygen atoms in total. The van der Waals surface area contributed by atoms with E-state index in [1.54, 1.807) is 19.2 Å². The van der Waals surface area contributed by atoms with Gasteiger partial charge in [-0.2, -0.15) is 0 Å². The maximum Gasteiger partial charge on any atom is 0.412 e. The van der Waals surface area contributed by atoms with Gasteiger partial charge in [-0.25, -0.2) is 9.78 Å². The van der Waals surface area contributed by atoms with Crippen molar-refractivity contribution in [2.24, 2.45) is 0 Å². The van der Waals surface area contributed by atoms with Gasteiger partial charge in [0.05, 0.1) is 18.5 Å². The summed E-state index contributed by atoms with van der Waals surface area (Å²) in [5.74, 6) is 2.46. The highest BCUT2D eigenvalue weighted by molar-refractivity contribution is 5.71. The van der Waals surface area contributed by atoms with Gasteiger partial charge in [-0.1, -0.05) is 80.9 Å². The molecule has 1 N–H and O–H groups in total. The van der Waals surface area contributed by atoms with E-state index in [0.717, 1.165) is 76.6 Å². The zero-order chi connectivity index (χ0) is 29.3. The number of hydrogen-bond acceptors (Lipinski definition) is 4. The lowest BCUT2D eigenvalue weighted by Crippen LogP contribution is -2.27. The molecule has 1 atom stereocenters. The summed E-state index contributed by atoms with van der Waals surface area (Å²) in [5, 5.41) is 2.85. The molecule has 1 aliphatic carbocycles. The number of aromatic nitrogens is 2. The molecule has 1 unspecified atom stereocenters. The summed E-state index contributed by atoms with van der Waals surface area (Å²) in [6.07, 6.45) is 26.1. The first kappa shape index (κ1) is 32.0. The third kappa shape index (κ3) is 10.1. The molecule has 1 aliphatic rings. The first-order chi connectivity index (χ1) is 20.1. The van der Waals surface area contributed by atoms with Gasteiger partial charge in [0.25, 0.3) is 0 Å². The Balaban J connectivity index is 1.50. The second kappa shape index (κ2) is 18.0. The lowest BCUT2D eigenvalue weighted by molar-refractivity contribution is 0.198. The Morgan fingerprint density at radius 3 is 2.66 bits per heavy atom. The zero-order valence-electron chi connectivity index (χ0n) is 25.5. The van der Waals surface area contributed by atoms with Crippen molar-refractivity contribution in [1.82, 2.24) is 14.9 Å². The molecular formula is C35H49N3O3. The molecule has 0 radical (unpaired) electrons. The molecule has 2 aromatic rings. The summed E-state index contributed by atoms with van der Waals surface area (Å²) in [5.41, 5.74) is 3.93. The molecule has 3 rings (SSSR count). The van der Waals surface area contributed by atoms with Crippen LogP contribution >= 0.6 is 0 Å². The van der Waals surface area contributed by atoms with Crippen molar-refractivity contribution in [3.05, 3.63) is 84.0 Å². The number of amides is 1. The second-order valence-corrected chi connectivity index (χ2v) is 10.5. The summed E-state index contributed by atoms with van der Waals surface area (Å²) >= 11 is 0. The van der Waals surface area contributed by atoms with Crippen LogP contribution in [0, 0.1) is 6.92 Å². The molecule has 0 aliphatic heterocycles. The highest BCUT2D eigenvalue weighted by atomic mass is 16.6. The first-order valence-electron chi connectivity index (χ1n) is 15.4. The number of carbonyl (C=O) groups excluding carboxylic acids is 1. The van der Waals surface area contributed by atoms with E-state index in [0.29, 0.717) is 24.0 Å². The number of unbranched alkanes of at least 4 members (excludes halogenated alkanes) is 4. The normalized spacial score (nSPS) is 15.3. The van der Waals surface area contributed by atoms with E-state index in [2.05, 4.69) is 73.2 Å². The van der Waals surface area contributed by atoms with Crippen LogP contribution in [0.3, 0.4) is 0 Å². The number of methoxy groups -OCH3 is 1. The van der Waals surface area contributed by atoms with E-state index < -0.39 is 6.09 Å². The van der Waals surface area contributed by atoms with E-state index in [9.17, 15) is 4.79 Å². The number of benzene rings is 1. The average molecular weight is 560 g/mol. The van der Waals surface area contributed by atoms with Crippen molar-refractivity contribution in [1.29, 1.82) is 0 Å². The molecular weight excluding hydrogens is 510 g/mol. The highest BCUT2D eigenvalue weighted by Crippen LogP contribution is 2.34. The van der Waals surface area contributed by atoms with Gasteiger partial charge in [0.2, 0.25) is 0 Å². The molecule has 0 spiro atoms. The number of nitrogens with one attached hydrogen (secondary N) is 1. The Morgan fingerprint density at radius 1 is 1.10 bits per heavy atom. The van der Waals surface area contributed by atoms with Crippen molar-refractivity contribution in [3.8, 4) is 11.5 Å². The second-order valence-electron chi connectivity index (χ2n) is 10.5. The molecule has 0 fully saturated rings. The molecule has 6 heteroatoms. The van der Waals surface area contributed by atoms with Gasteiger partial charge in [-0.3, -0.25) is 0 Å². The highest BCUT2D eigenvalue weighted by Gasteiger charge is 2.23. The van der Waals surface area contributed by atoms with E-state index in [4.69, 9.17) is 14.5 Å². The van der Waals surface area contributed by atoms with Crippen molar-refractivity contribution >= 4 is 11.7 Å². The van der Waals surface area contributed by atoms with Gasteiger partial charge in [0.1, 0.15) is 5.82 Å². The van der Waals surface area contributed by atoms with E-state index in [1.807, 2.05) is 12.1 Å². The Labute approximate surface area is 247 Å². The van der Waals surface area contributed by atoms with Gasteiger partial charge >= 0.3 is 6.09 Å². The topological polar surface area (TPSA) is 65.4 Å². The molecule has 1 aromatic carbocycles. The third-order valence-corrected chi connectivity index (χ3v) is 7.52. The molecule has 0 saturated heterocycles. The lowest BCUT2D eigenvalue weighted by Gasteiger charge is -2.19. The molecule has 1 amide bonds. The van der Waals surface area contributed by atoms with Crippen molar-refractivity contribution in [2.45, 2.75) is 97.4 Å². The number of imidazole rings is 1. The largest absolute Gasteiger partial charge is 0.493 e. The summed E-state index contributed by atoms with van der Waals surface area (Å²) in [7, 11) is 1.56. The van der Waals surface area contributed by atoms with Gasteiger partial charge in [0, 0.05) is 19.0 Å². The zero-order valence-corrected chi connectivity index (χ0v) is 25.5. The van der Waals surface area contributed by atoms with Crippen LogP contribution in [0.2, 0.25) is 0 Å². The van der Waals surface area contributed by atoms with E-state index in [-0.39, 0.29) is 0 Å². The summed E-state index contributed by atoms with van der Waals surface area (Å²) in [4.78, 5) is 17.3.